The van der Waals surface area contributed by atoms with Gasteiger partial charge in [0.2, 0.25) is 0 Å². The van der Waals surface area contributed by atoms with Crippen LogP contribution >= 0.6 is 0 Å². The standard InChI is InChI=1S/C10H9NO5/c1-6-2-3-9(11(15)16)8(5-12)7(6)4-10(13)14/h2-3,5H,4H2,1H3,(H,13,14). The minimum Gasteiger partial charge on any atom is -0.481 e. The third kappa shape index (κ3) is 2.22. The summed E-state index contributed by atoms with van der Waals surface area (Å²) in [7, 11) is 0. The van der Waals surface area contributed by atoms with E-state index in [0.29, 0.717) is 11.8 Å². The number of nitro groups is 1. The number of aldehydes is 1. The van der Waals surface area contributed by atoms with Crippen molar-refractivity contribution in [2.24, 2.45) is 0 Å². The highest BCUT2D eigenvalue weighted by Gasteiger charge is 2.20. The van der Waals surface area contributed by atoms with Gasteiger partial charge in [-0.1, -0.05) is 6.07 Å². The van der Waals surface area contributed by atoms with E-state index < -0.39 is 17.3 Å². The first-order chi connectivity index (χ1) is 7.47. The van der Waals surface area contributed by atoms with E-state index in [2.05, 4.69) is 0 Å². The SMILES string of the molecule is Cc1ccc([N+](=O)[O-])c(C=O)c1CC(=O)O. The summed E-state index contributed by atoms with van der Waals surface area (Å²) < 4.78 is 0. The van der Waals surface area contributed by atoms with Gasteiger partial charge >= 0.3 is 5.97 Å². The second-order valence-corrected chi connectivity index (χ2v) is 3.24. The van der Waals surface area contributed by atoms with Crippen molar-refractivity contribution in [1.29, 1.82) is 0 Å². The van der Waals surface area contributed by atoms with Gasteiger partial charge in [-0.05, 0) is 18.1 Å². The Morgan fingerprint density at radius 3 is 2.62 bits per heavy atom. The number of hydrogen-bond donors (Lipinski definition) is 1. The van der Waals surface area contributed by atoms with Gasteiger partial charge in [0, 0.05) is 6.07 Å². The lowest BCUT2D eigenvalue weighted by atomic mass is 9.98. The molecule has 16 heavy (non-hydrogen) atoms. The smallest absolute Gasteiger partial charge is 0.307 e. The van der Waals surface area contributed by atoms with Crippen LogP contribution in [0, 0.1) is 17.0 Å². The Morgan fingerprint density at radius 1 is 1.56 bits per heavy atom. The molecule has 0 amide bonds. The van der Waals surface area contributed by atoms with Gasteiger partial charge in [0.1, 0.15) is 0 Å². The second-order valence-electron chi connectivity index (χ2n) is 3.24. The number of hydrogen-bond acceptors (Lipinski definition) is 4. The minimum absolute atomic E-state index is 0.160. The second kappa shape index (κ2) is 4.52. The highest BCUT2D eigenvalue weighted by molar-refractivity contribution is 5.87. The fourth-order valence-electron chi connectivity index (χ4n) is 1.44. The zero-order valence-corrected chi connectivity index (χ0v) is 8.47. The van der Waals surface area contributed by atoms with Crippen LogP contribution in [0.4, 0.5) is 5.69 Å². The van der Waals surface area contributed by atoms with Gasteiger partial charge in [0.15, 0.2) is 6.29 Å². The summed E-state index contributed by atoms with van der Waals surface area (Å²) in [6, 6.07) is 2.63. The zero-order valence-electron chi connectivity index (χ0n) is 8.47. The molecule has 0 bridgehead atoms. The summed E-state index contributed by atoms with van der Waals surface area (Å²) in [6.07, 6.45) is -0.0784. The number of rotatable bonds is 4. The molecule has 0 atom stereocenters. The van der Waals surface area contributed by atoms with Crippen molar-refractivity contribution in [2.75, 3.05) is 0 Å². The van der Waals surface area contributed by atoms with E-state index in [4.69, 9.17) is 5.11 Å². The van der Waals surface area contributed by atoms with Gasteiger partial charge < -0.3 is 5.11 Å². The van der Waals surface area contributed by atoms with E-state index in [1.54, 1.807) is 6.92 Å². The fraction of sp³-hybridized carbons (Fsp3) is 0.200. The molecular formula is C10H9NO5. The topological polar surface area (TPSA) is 97.5 Å². The van der Waals surface area contributed by atoms with Crippen LogP contribution in [-0.4, -0.2) is 22.3 Å². The molecule has 1 aromatic rings. The molecule has 0 fully saturated rings. The van der Waals surface area contributed by atoms with E-state index in [0.717, 1.165) is 0 Å². The van der Waals surface area contributed by atoms with Crippen LogP contribution in [0.15, 0.2) is 12.1 Å². The number of aryl methyl sites for hydroxylation is 1. The predicted molar refractivity (Wildman–Crippen MR) is 54.6 cm³/mol. The average Bonchev–Trinajstić information content (AvgIpc) is 2.19. The lowest BCUT2D eigenvalue weighted by Gasteiger charge is -2.06. The monoisotopic (exact) mass is 223 g/mol. The quantitative estimate of drug-likeness (QED) is 0.472. The summed E-state index contributed by atoms with van der Waals surface area (Å²) in [5.74, 6) is -1.13. The number of nitrogens with zero attached hydrogens (tertiary/aromatic N) is 1. The average molecular weight is 223 g/mol. The molecular weight excluding hydrogens is 214 g/mol. The van der Waals surface area contributed by atoms with Crippen molar-refractivity contribution in [1.82, 2.24) is 0 Å². The van der Waals surface area contributed by atoms with Crippen LogP contribution in [0.3, 0.4) is 0 Å². The Bertz CT molecular complexity index is 467. The Morgan fingerprint density at radius 2 is 2.19 bits per heavy atom. The van der Waals surface area contributed by atoms with Crippen molar-refractivity contribution < 1.29 is 19.6 Å². The minimum atomic E-state index is -1.13. The summed E-state index contributed by atoms with van der Waals surface area (Å²) in [4.78, 5) is 31.3. The molecule has 0 aliphatic carbocycles. The molecule has 0 aromatic heterocycles. The molecule has 6 nitrogen and oxygen atoms in total. The molecule has 0 radical (unpaired) electrons. The van der Waals surface area contributed by atoms with E-state index in [-0.39, 0.29) is 16.8 Å². The number of carboxylic acids is 1. The van der Waals surface area contributed by atoms with Crippen molar-refractivity contribution in [3.05, 3.63) is 38.9 Å². The van der Waals surface area contributed by atoms with E-state index in [1.807, 2.05) is 0 Å². The zero-order chi connectivity index (χ0) is 12.3. The van der Waals surface area contributed by atoms with Crippen molar-refractivity contribution in [3.63, 3.8) is 0 Å². The van der Waals surface area contributed by atoms with Gasteiger partial charge in [0.25, 0.3) is 5.69 Å². The third-order valence-corrected chi connectivity index (χ3v) is 2.21. The molecule has 0 unspecified atom stereocenters. The largest absolute Gasteiger partial charge is 0.481 e. The molecule has 0 spiro atoms. The summed E-state index contributed by atoms with van der Waals surface area (Å²) in [6.45, 7) is 1.61. The van der Waals surface area contributed by atoms with Gasteiger partial charge in [0.05, 0.1) is 16.9 Å². The summed E-state index contributed by atoms with van der Waals surface area (Å²) in [5, 5.41) is 19.3. The summed E-state index contributed by atoms with van der Waals surface area (Å²) in [5.41, 5.74) is 0.219. The van der Waals surface area contributed by atoms with Crippen LogP contribution < -0.4 is 0 Å². The van der Waals surface area contributed by atoms with E-state index >= 15 is 0 Å². The Kier molecular flexibility index (Phi) is 3.34. The third-order valence-electron chi connectivity index (χ3n) is 2.21. The summed E-state index contributed by atoms with van der Waals surface area (Å²) >= 11 is 0. The lowest BCUT2D eigenvalue weighted by Crippen LogP contribution is -2.07. The van der Waals surface area contributed by atoms with Gasteiger partial charge in [-0.3, -0.25) is 19.7 Å². The van der Waals surface area contributed by atoms with Crippen LogP contribution in [-0.2, 0) is 11.2 Å². The molecule has 1 aromatic carbocycles. The molecule has 0 heterocycles. The van der Waals surface area contributed by atoms with Crippen LogP contribution in [0.5, 0.6) is 0 Å². The number of carboxylic acid groups (broad SMARTS) is 1. The molecule has 6 heteroatoms. The maximum absolute atomic E-state index is 10.8. The van der Waals surface area contributed by atoms with E-state index in [1.165, 1.54) is 12.1 Å². The van der Waals surface area contributed by atoms with Crippen molar-refractivity contribution in [3.8, 4) is 0 Å². The number of carbonyl (C=O) groups excluding carboxylic acids is 1. The molecule has 0 saturated carbocycles. The Labute approximate surface area is 90.7 Å². The number of carbonyl (C=O) groups is 2. The highest BCUT2D eigenvalue weighted by Crippen LogP contribution is 2.24. The molecule has 0 aliphatic rings. The first-order valence-corrected chi connectivity index (χ1v) is 4.41. The molecule has 1 rings (SSSR count). The number of benzene rings is 1. The molecule has 84 valence electrons. The number of aliphatic carboxylic acids is 1. The normalized spacial score (nSPS) is 9.81. The molecule has 1 N–H and O–H groups in total. The highest BCUT2D eigenvalue weighted by atomic mass is 16.6. The van der Waals surface area contributed by atoms with Crippen LogP contribution in [0.1, 0.15) is 21.5 Å². The van der Waals surface area contributed by atoms with Gasteiger partial charge in [-0.25, -0.2) is 0 Å². The Balaban J connectivity index is 3.43. The van der Waals surface area contributed by atoms with Crippen LogP contribution in [0.25, 0.3) is 0 Å². The maximum Gasteiger partial charge on any atom is 0.307 e. The van der Waals surface area contributed by atoms with E-state index in [9.17, 15) is 19.7 Å². The van der Waals surface area contributed by atoms with Crippen LogP contribution in [0.2, 0.25) is 0 Å². The van der Waals surface area contributed by atoms with Gasteiger partial charge in [-0.2, -0.15) is 0 Å². The Hall–Kier alpha value is -2.24. The molecule has 0 saturated heterocycles. The fourth-order valence-corrected chi connectivity index (χ4v) is 1.44. The predicted octanol–water partition coefficient (Wildman–Crippen LogP) is 1.34. The number of nitro benzene ring substituents is 1. The lowest BCUT2D eigenvalue weighted by molar-refractivity contribution is -0.385. The van der Waals surface area contributed by atoms with Crippen molar-refractivity contribution in [2.45, 2.75) is 13.3 Å². The van der Waals surface area contributed by atoms with Gasteiger partial charge in [-0.15, -0.1) is 0 Å². The molecule has 0 aliphatic heterocycles. The first kappa shape index (κ1) is 11.8. The first-order valence-electron chi connectivity index (χ1n) is 4.41. The van der Waals surface area contributed by atoms with Crippen molar-refractivity contribution >= 4 is 17.9 Å². The maximum atomic E-state index is 10.8.